The van der Waals surface area contributed by atoms with E-state index in [1.165, 1.54) is 0 Å². The van der Waals surface area contributed by atoms with Gasteiger partial charge in [0.25, 0.3) is 0 Å². The van der Waals surface area contributed by atoms with Gasteiger partial charge in [-0.15, -0.1) is 0 Å². The van der Waals surface area contributed by atoms with Gasteiger partial charge in [0.1, 0.15) is 0 Å². The number of likely N-dealkylation sites (tertiary alicyclic amines) is 1. The fourth-order valence-electron chi connectivity index (χ4n) is 3.57. The minimum Gasteiger partial charge on any atom is -0.360 e. The van der Waals surface area contributed by atoms with Crippen molar-refractivity contribution in [1.82, 2.24) is 25.2 Å². The molecule has 0 radical (unpaired) electrons. The lowest BCUT2D eigenvalue weighted by molar-refractivity contribution is 0.184. The van der Waals surface area contributed by atoms with Crippen molar-refractivity contribution < 1.29 is 4.79 Å². The highest BCUT2D eigenvalue weighted by atomic mass is 35.5. The Morgan fingerprint density at radius 3 is 2.89 bits per heavy atom. The quantitative estimate of drug-likeness (QED) is 0.622. The third-order valence-electron chi connectivity index (χ3n) is 5.03. The summed E-state index contributed by atoms with van der Waals surface area (Å²) in [6.07, 6.45) is 5.27. The number of benzene rings is 1. The summed E-state index contributed by atoms with van der Waals surface area (Å²) in [5.74, 6) is 0.557. The van der Waals surface area contributed by atoms with E-state index in [4.69, 9.17) is 11.6 Å². The Balaban J connectivity index is 1.49. The zero-order valence-corrected chi connectivity index (χ0v) is 16.5. The van der Waals surface area contributed by atoms with Crippen LogP contribution in [0.25, 0.3) is 22.2 Å². The molecule has 146 valence electrons. The number of amides is 2. The molecule has 3 heterocycles. The Morgan fingerprint density at radius 2 is 2.11 bits per heavy atom. The molecule has 3 N–H and O–H groups in total. The molecule has 28 heavy (non-hydrogen) atoms. The van der Waals surface area contributed by atoms with Crippen LogP contribution in [0.1, 0.15) is 19.8 Å². The van der Waals surface area contributed by atoms with Crippen LogP contribution in [0.3, 0.4) is 0 Å². The smallest absolute Gasteiger partial charge is 0.317 e. The van der Waals surface area contributed by atoms with E-state index in [0.29, 0.717) is 36.3 Å². The predicted molar refractivity (Wildman–Crippen MR) is 112 cm³/mol. The largest absolute Gasteiger partial charge is 0.360 e. The van der Waals surface area contributed by atoms with Gasteiger partial charge in [0.15, 0.2) is 0 Å². The number of nitrogens with zero attached hydrogens (tertiary/aromatic N) is 3. The first-order chi connectivity index (χ1) is 13.7. The van der Waals surface area contributed by atoms with Gasteiger partial charge in [0.05, 0.1) is 16.9 Å². The number of anilines is 1. The van der Waals surface area contributed by atoms with E-state index in [9.17, 15) is 4.79 Å². The summed E-state index contributed by atoms with van der Waals surface area (Å²) >= 11 is 6.40. The van der Waals surface area contributed by atoms with Crippen LogP contribution in [0.4, 0.5) is 10.7 Å². The molecular weight excluding hydrogens is 376 g/mol. The number of H-pyrrole nitrogens is 1. The lowest BCUT2D eigenvalue weighted by atomic mass is 10.1. The van der Waals surface area contributed by atoms with E-state index < -0.39 is 0 Å². The van der Waals surface area contributed by atoms with Gasteiger partial charge in [0.2, 0.25) is 5.95 Å². The Morgan fingerprint density at radius 1 is 1.32 bits per heavy atom. The van der Waals surface area contributed by atoms with E-state index in [0.717, 1.165) is 29.3 Å². The molecule has 1 fully saturated rings. The van der Waals surface area contributed by atoms with E-state index in [1.54, 1.807) is 6.20 Å². The number of fused-ring (bicyclic) bond motifs is 1. The van der Waals surface area contributed by atoms with Gasteiger partial charge in [-0.25, -0.2) is 14.8 Å². The fraction of sp³-hybridized carbons (Fsp3) is 0.350. The molecular formula is C20H23ClN6O. The molecule has 0 aliphatic carbocycles. The topological polar surface area (TPSA) is 85.9 Å². The van der Waals surface area contributed by atoms with Crippen LogP contribution in [0, 0.1) is 0 Å². The number of nitrogens with one attached hydrogen (secondary N) is 3. The number of hydrogen-bond acceptors (Lipinski definition) is 4. The van der Waals surface area contributed by atoms with Crippen molar-refractivity contribution in [2.75, 3.05) is 25.0 Å². The van der Waals surface area contributed by atoms with E-state index >= 15 is 0 Å². The highest BCUT2D eigenvalue weighted by Crippen LogP contribution is 2.32. The highest BCUT2D eigenvalue weighted by Gasteiger charge is 2.23. The van der Waals surface area contributed by atoms with Gasteiger partial charge in [-0.05, 0) is 25.8 Å². The first-order valence-electron chi connectivity index (χ1n) is 9.54. The van der Waals surface area contributed by atoms with E-state index in [1.807, 2.05) is 42.3 Å². The number of aromatic amines is 1. The SMILES string of the molecule is CCNC(=O)N1CCC(Nc2ncc(Cl)c(-c3c[nH]c4ccccc34)n2)CC1. The number of carbonyl (C=O) groups is 1. The Hall–Kier alpha value is -2.80. The summed E-state index contributed by atoms with van der Waals surface area (Å²) in [6, 6.07) is 8.29. The molecule has 0 atom stereocenters. The van der Waals surface area contributed by atoms with Crippen molar-refractivity contribution in [2.24, 2.45) is 0 Å². The standard InChI is InChI=1S/C20H23ClN6O/c1-2-22-20(28)27-9-7-13(8-10-27)25-19-24-12-16(21)18(26-19)15-11-23-17-6-4-3-5-14(15)17/h3-6,11-13,23H,2,7-10H2,1H3,(H,22,28)(H,24,25,26). The molecule has 3 aromatic rings. The van der Waals surface area contributed by atoms with E-state index in [2.05, 4.69) is 25.6 Å². The second-order valence-corrected chi connectivity index (χ2v) is 7.29. The second kappa shape index (κ2) is 8.06. The molecule has 0 spiro atoms. The number of halogens is 1. The average molecular weight is 399 g/mol. The number of rotatable bonds is 4. The molecule has 8 heteroatoms. The molecule has 1 aliphatic rings. The second-order valence-electron chi connectivity index (χ2n) is 6.88. The van der Waals surface area contributed by atoms with Crippen molar-refractivity contribution >= 4 is 34.5 Å². The maximum absolute atomic E-state index is 11.9. The maximum Gasteiger partial charge on any atom is 0.317 e. The Bertz CT molecular complexity index is 980. The number of hydrogen-bond donors (Lipinski definition) is 3. The summed E-state index contributed by atoms with van der Waals surface area (Å²) in [7, 11) is 0. The van der Waals surface area contributed by atoms with Gasteiger partial charge in [0, 0.05) is 48.3 Å². The number of carbonyl (C=O) groups excluding carboxylic acids is 1. The molecule has 0 unspecified atom stereocenters. The normalized spacial score (nSPS) is 15.0. The monoisotopic (exact) mass is 398 g/mol. The molecule has 2 aromatic heterocycles. The number of para-hydroxylation sites is 1. The van der Waals surface area contributed by atoms with Gasteiger partial charge in [-0.2, -0.15) is 0 Å². The van der Waals surface area contributed by atoms with Crippen molar-refractivity contribution in [1.29, 1.82) is 0 Å². The molecule has 2 amide bonds. The van der Waals surface area contributed by atoms with Crippen LogP contribution in [0.15, 0.2) is 36.7 Å². The van der Waals surface area contributed by atoms with E-state index in [-0.39, 0.29) is 12.1 Å². The van der Waals surface area contributed by atoms with Crippen molar-refractivity contribution in [3.8, 4) is 11.3 Å². The number of piperidine rings is 1. The molecule has 1 aromatic carbocycles. The molecule has 0 saturated carbocycles. The van der Waals surface area contributed by atoms with Crippen LogP contribution in [-0.4, -0.2) is 51.6 Å². The maximum atomic E-state index is 11.9. The first-order valence-corrected chi connectivity index (χ1v) is 9.92. The summed E-state index contributed by atoms with van der Waals surface area (Å²) in [5.41, 5.74) is 2.70. The zero-order valence-electron chi connectivity index (χ0n) is 15.7. The lowest BCUT2D eigenvalue weighted by Crippen LogP contribution is -2.46. The zero-order chi connectivity index (χ0) is 19.5. The van der Waals surface area contributed by atoms with Crippen LogP contribution in [-0.2, 0) is 0 Å². The molecule has 1 aliphatic heterocycles. The lowest BCUT2D eigenvalue weighted by Gasteiger charge is -2.32. The summed E-state index contributed by atoms with van der Waals surface area (Å²) in [5, 5.41) is 7.84. The molecule has 0 bridgehead atoms. The highest BCUT2D eigenvalue weighted by molar-refractivity contribution is 6.33. The minimum atomic E-state index is 0.00492. The fourth-order valence-corrected chi connectivity index (χ4v) is 3.76. The third kappa shape index (κ3) is 3.75. The van der Waals surface area contributed by atoms with Crippen LogP contribution in [0.2, 0.25) is 5.02 Å². The van der Waals surface area contributed by atoms with Crippen molar-refractivity contribution in [2.45, 2.75) is 25.8 Å². The molecule has 4 rings (SSSR count). The van der Waals surface area contributed by atoms with Gasteiger partial charge in [-0.3, -0.25) is 0 Å². The number of aromatic nitrogens is 3. The van der Waals surface area contributed by atoms with Crippen molar-refractivity contribution in [3.05, 3.63) is 41.7 Å². The van der Waals surface area contributed by atoms with Gasteiger partial charge >= 0.3 is 6.03 Å². The summed E-state index contributed by atoms with van der Waals surface area (Å²) in [6.45, 7) is 4.00. The van der Waals surface area contributed by atoms with Gasteiger partial charge in [-0.1, -0.05) is 29.8 Å². The summed E-state index contributed by atoms with van der Waals surface area (Å²) < 4.78 is 0. The Kier molecular flexibility index (Phi) is 5.34. The third-order valence-corrected chi connectivity index (χ3v) is 5.31. The summed E-state index contributed by atoms with van der Waals surface area (Å²) in [4.78, 5) is 26.1. The van der Waals surface area contributed by atoms with Crippen LogP contribution < -0.4 is 10.6 Å². The average Bonchev–Trinajstić information content (AvgIpc) is 3.14. The first kappa shape index (κ1) is 18.6. The number of urea groups is 1. The van der Waals surface area contributed by atoms with Crippen molar-refractivity contribution in [3.63, 3.8) is 0 Å². The minimum absolute atomic E-state index is 0.00492. The Labute approximate surface area is 168 Å². The molecule has 1 saturated heterocycles. The molecule has 7 nitrogen and oxygen atoms in total. The van der Waals surface area contributed by atoms with Gasteiger partial charge < -0.3 is 20.5 Å². The van der Waals surface area contributed by atoms with Crippen LogP contribution in [0.5, 0.6) is 0 Å². The predicted octanol–water partition coefficient (Wildman–Crippen LogP) is 3.88. The van der Waals surface area contributed by atoms with Crippen LogP contribution >= 0.6 is 11.6 Å².